The third-order valence-corrected chi connectivity index (χ3v) is 2.03. The van der Waals surface area contributed by atoms with Crippen molar-refractivity contribution in [3.63, 3.8) is 0 Å². The zero-order valence-electron chi connectivity index (χ0n) is 8.49. The lowest BCUT2D eigenvalue weighted by Crippen LogP contribution is -2.27. The van der Waals surface area contributed by atoms with Gasteiger partial charge in [-0.25, -0.2) is 0 Å². The van der Waals surface area contributed by atoms with Crippen molar-refractivity contribution in [3.05, 3.63) is 29.8 Å². The maximum atomic E-state index is 11.9. The molecular weight excluding hydrogens is 214 g/mol. The molecule has 1 aromatic carbocycles. The van der Waals surface area contributed by atoms with E-state index in [2.05, 4.69) is 16.1 Å². The van der Waals surface area contributed by atoms with E-state index in [0.717, 1.165) is 5.56 Å². The van der Waals surface area contributed by atoms with Crippen LogP contribution in [0.5, 0.6) is 5.75 Å². The number of halogens is 2. The lowest BCUT2D eigenvalue weighted by Gasteiger charge is -2.13. The molecule has 0 radical (unpaired) electrons. The van der Waals surface area contributed by atoms with Crippen LogP contribution in [0.15, 0.2) is 24.3 Å². The van der Waals surface area contributed by atoms with Crippen LogP contribution in [0.1, 0.15) is 18.0 Å². The zero-order chi connectivity index (χ0) is 12.0. The molecule has 5 heteroatoms. The van der Waals surface area contributed by atoms with Gasteiger partial charge in [0.05, 0.1) is 6.04 Å². The summed E-state index contributed by atoms with van der Waals surface area (Å²) in [6, 6.07) is 5.98. The summed E-state index contributed by atoms with van der Waals surface area (Å²) < 4.78 is 28.0. The molecule has 0 aromatic heterocycles. The van der Waals surface area contributed by atoms with Crippen molar-refractivity contribution < 1.29 is 13.5 Å². The van der Waals surface area contributed by atoms with Gasteiger partial charge in [-0.3, -0.25) is 11.3 Å². The second kappa shape index (κ2) is 6.05. The molecule has 1 aromatic rings. The molecule has 0 spiro atoms. The van der Waals surface area contributed by atoms with Crippen LogP contribution in [0.3, 0.4) is 0 Å². The van der Waals surface area contributed by atoms with E-state index in [1.165, 1.54) is 12.1 Å². The molecule has 0 aliphatic carbocycles. The Morgan fingerprint density at radius 3 is 2.44 bits per heavy atom. The number of hydrazine groups is 1. The fraction of sp³-hybridized carbons (Fsp3) is 0.273. The van der Waals surface area contributed by atoms with Crippen molar-refractivity contribution in [2.75, 3.05) is 0 Å². The highest BCUT2D eigenvalue weighted by atomic mass is 19.3. The Balaban J connectivity index is 2.73. The van der Waals surface area contributed by atoms with E-state index in [1.54, 1.807) is 12.1 Å². The summed E-state index contributed by atoms with van der Waals surface area (Å²) in [6.45, 7) is -2.82. The molecule has 1 atom stereocenters. The Kier molecular flexibility index (Phi) is 4.70. The van der Waals surface area contributed by atoms with Gasteiger partial charge in [0.2, 0.25) is 0 Å². The zero-order valence-corrected chi connectivity index (χ0v) is 8.49. The fourth-order valence-corrected chi connectivity index (χ4v) is 1.27. The largest absolute Gasteiger partial charge is 0.435 e. The summed E-state index contributed by atoms with van der Waals surface area (Å²) in [6.07, 6.45) is 5.59. The topological polar surface area (TPSA) is 47.3 Å². The van der Waals surface area contributed by atoms with Crippen LogP contribution in [-0.2, 0) is 0 Å². The predicted molar refractivity (Wildman–Crippen MR) is 56.6 cm³/mol. The molecule has 0 aliphatic rings. The molecule has 0 fully saturated rings. The van der Waals surface area contributed by atoms with E-state index in [0.29, 0.717) is 6.42 Å². The molecule has 0 amide bonds. The molecule has 0 aliphatic heterocycles. The first kappa shape index (κ1) is 12.4. The van der Waals surface area contributed by atoms with Gasteiger partial charge < -0.3 is 4.74 Å². The molecule has 16 heavy (non-hydrogen) atoms. The van der Waals surface area contributed by atoms with E-state index >= 15 is 0 Å². The minimum atomic E-state index is -2.82. The van der Waals surface area contributed by atoms with Crippen molar-refractivity contribution in [1.82, 2.24) is 5.43 Å². The Bertz CT molecular complexity index is 359. The van der Waals surface area contributed by atoms with Crippen LogP contribution in [0.4, 0.5) is 8.78 Å². The average Bonchev–Trinajstić information content (AvgIpc) is 2.26. The minimum absolute atomic E-state index is 0.107. The second-order valence-corrected chi connectivity index (χ2v) is 3.08. The highest BCUT2D eigenvalue weighted by Gasteiger charge is 2.09. The number of nitrogens with one attached hydrogen (secondary N) is 1. The third-order valence-electron chi connectivity index (χ3n) is 2.03. The van der Waals surface area contributed by atoms with E-state index in [1.807, 2.05) is 0 Å². The van der Waals surface area contributed by atoms with Gasteiger partial charge in [-0.05, 0) is 17.7 Å². The number of rotatable bonds is 5. The molecule has 0 saturated carbocycles. The Morgan fingerprint density at radius 1 is 1.38 bits per heavy atom. The average molecular weight is 226 g/mol. The first-order valence-corrected chi connectivity index (χ1v) is 4.61. The summed E-state index contributed by atoms with van der Waals surface area (Å²) >= 11 is 0. The van der Waals surface area contributed by atoms with Crippen LogP contribution < -0.4 is 16.0 Å². The van der Waals surface area contributed by atoms with Crippen molar-refractivity contribution in [1.29, 1.82) is 0 Å². The first-order chi connectivity index (χ1) is 7.67. The molecule has 1 unspecified atom stereocenters. The van der Waals surface area contributed by atoms with Gasteiger partial charge in [-0.1, -0.05) is 12.1 Å². The van der Waals surface area contributed by atoms with Crippen LogP contribution in [-0.4, -0.2) is 6.61 Å². The maximum Gasteiger partial charge on any atom is 0.387 e. The smallest absolute Gasteiger partial charge is 0.387 e. The standard InChI is InChI=1S/C11H12F2N2O/c1-2-3-10(15-14)8-4-6-9(7-5-8)16-11(12)13/h1,4-7,10-11,15H,3,14H2. The number of hydrogen-bond donors (Lipinski definition) is 2. The predicted octanol–water partition coefficient (Wildman–Crippen LogP) is 1.82. The van der Waals surface area contributed by atoms with Crippen LogP contribution in [0.25, 0.3) is 0 Å². The van der Waals surface area contributed by atoms with Gasteiger partial charge in [0.1, 0.15) is 5.75 Å². The molecule has 1 rings (SSSR count). The van der Waals surface area contributed by atoms with Crippen molar-refractivity contribution in [2.45, 2.75) is 19.1 Å². The van der Waals surface area contributed by atoms with Gasteiger partial charge in [0.25, 0.3) is 0 Å². The van der Waals surface area contributed by atoms with Crippen LogP contribution in [0.2, 0.25) is 0 Å². The van der Waals surface area contributed by atoms with Crippen molar-refractivity contribution in [2.24, 2.45) is 5.84 Å². The molecule has 0 bridgehead atoms. The summed E-state index contributed by atoms with van der Waals surface area (Å²) in [4.78, 5) is 0. The Morgan fingerprint density at radius 2 is 2.00 bits per heavy atom. The maximum absolute atomic E-state index is 11.9. The molecule has 86 valence electrons. The quantitative estimate of drug-likeness (QED) is 0.457. The molecule has 0 saturated heterocycles. The van der Waals surface area contributed by atoms with Crippen molar-refractivity contribution >= 4 is 0 Å². The third kappa shape index (κ3) is 3.50. The Hall–Kier alpha value is -1.64. The highest BCUT2D eigenvalue weighted by Crippen LogP contribution is 2.20. The van der Waals surface area contributed by atoms with E-state index in [4.69, 9.17) is 12.3 Å². The number of alkyl halides is 2. The Labute approximate surface area is 92.6 Å². The summed E-state index contributed by atoms with van der Waals surface area (Å²) in [5.74, 6) is 7.89. The monoisotopic (exact) mass is 226 g/mol. The van der Waals surface area contributed by atoms with E-state index in [9.17, 15) is 8.78 Å². The van der Waals surface area contributed by atoms with Crippen LogP contribution >= 0.6 is 0 Å². The summed E-state index contributed by atoms with van der Waals surface area (Å²) in [7, 11) is 0. The minimum Gasteiger partial charge on any atom is -0.435 e. The number of benzene rings is 1. The fourth-order valence-electron chi connectivity index (χ4n) is 1.27. The van der Waals surface area contributed by atoms with Crippen molar-refractivity contribution in [3.8, 4) is 18.1 Å². The van der Waals surface area contributed by atoms with Gasteiger partial charge in [0.15, 0.2) is 0 Å². The number of hydrogen-bond acceptors (Lipinski definition) is 3. The molecular formula is C11H12F2N2O. The normalized spacial score (nSPS) is 12.2. The summed E-state index contributed by atoms with van der Waals surface area (Å²) in [5.41, 5.74) is 3.37. The SMILES string of the molecule is C#CCC(NN)c1ccc(OC(F)F)cc1. The van der Waals surface area contributed by atoms with Gasteiger partial charge in [-0.2, -0.15) is 8.78 Å². The number of ether oxygens (including phenoxy) is 1. The molecule has 3 nitrogen and oxygen atoms in total. The second-order valence-electron chi connectivity index (χ2n) is 3.08. The van der Waals surface area contributed by atoms with Crippen LogP contribution in [0, 0.1) is 12.3 Å². The van der Waals surface area contributed by atoms with Gasteiger partial charge >= 0.3 is 6.61 Å². The molecule has 0 heterocycles. The first-order valence-electron chi connectivity index (χ1n) is 4.61. The highest BCUT2D eigenvalue weighted by molar-refractivity contribution is 5.29. The van der Waals surface area contributed by atoms with E-state index < -0.39 is 6.61 Å². The molecule has 3 N–H and O–H groups in total. The van der Waals surface area contributed by atoms with Gasteiger partial charge in [-0.15, -0.1) is 12.3 Å². The lowest BCUT2D eigenvalue weighted by atomic mass is 10.0. The number of terminal acetylenes is 1. The van der Waals surface area contributed by atoms with Gasteiger partial charge in [0, 0.05) is 6.42 Å². The van der Waals surface area contributed by atoms with E-state index in [-0.39, 0.29) is 11.8 Å². The lowest BCUT2D eigenvalue weighted by molar-refractivity contribution is -0.0498. The number of nitrogens with two attached hydrogens (primary N) is 1. The summed E-state index contributed by atoms with van der Waals surface area (Å²) in [5, 5.41) is 0.